The number of aromatic nitrogens is 2. The Labute approximate surface area is 122 Å². The predicted octanol–water partition coefficient (Wildman–Crippen LogP) is 5.07. The maximum Gasteiger partial charge on any atom is 0.0661 e. The van der Waals surface area contributed by atoms with Gasteiger partial charge in [0.2, 0.25) is 0 Å². The molecule has 1 aromatic heterocycles. The van der Waals surface area contributed by atoms with Crippen LogP contribution in [0.3, 0.4) is 0 Å². The van der Waals surface area contributed by atoms with E-state index in [1.54, 1.807) is 6.20 Å². The van der Waals surface area contributed by atoms with Crippen LogP contribution in [-0.4, -0.2) is 10.2 Å². The SMILES string of the molecule is CCC(C)CC(CC)c1cccnn1.c1cc2ccc1-2. The highest BCUT2D eigenvalue weighted by Gasteiger charge is 2.13. The second-order valence-corrected chi connectivity index (χ2v) is 5.58. The molecule has 0 N–H and O–H groups in total. The van der Waals surface area contributed by atoms with Gasteiger partial charge in [-0.05, 0) is 42.0 Å². The van der Waals surface area contributed by atoms with Gasteiger partial charge in [0.05, 0.1) is 5.69 Å². The van der Waals surface area contributed by atoms with E-state index in [0.717, 1.165) is 18.0 Å². The van der Waals surface area contributed by atoms with Gasteiger partial charge in [-0.1, -0.05) is 51.5 Å². The van der Waals surface area contributed by atoms with Crippen LogP contribution in [0.4, 0.5) is 0 Å². The third-order valence-corrected chi connectivity index (χ3v) is 4.11. The van der Waals surface area contributed by atoms with E-state index in [1.165, 1.54) is 24.0 Å². The number of nitrogens with zero attached hydrogens (tertiary/aromatic N) is 2. The molecule has 0 spiro atoms. The lowest BCUT2D eigenvalue weighted by Gasteiger charge is -2.17. The summed E-state index contributed by atoms with van der Waals surface area (Å²) in [6.45, 7) is 6.77. The molecule has 2 atom stereocenters. The highest BCUT2D eigenvalue weighted by atomic mass is 15.1. The van der Waals surface area contributed by atoms with Crippen molar-refractivity contribution in [2.45, 2.75) is 46.0 Å². The quantitative estimate of drug-likeness (QED) is 0.645. The zero-order valence-corrected chi connectivity index (χ0v) is 12.7. The first kappa shape index (κ1) is 14.7. The van der Waals surface area contributed by atoms with Gasteiger partial charge in [-0.25, -0.2) is 0 Å². The average molecular weight is 268 g/mol. The highest BCUT2D eigenvalue weighted by molar-refractivity contribution is 5.75. The smallest absolute Gasteiger partial charge is 0.0661 e. The normalized spacial score (nSPS) is 13.9. The first-order valence-corrected chi connectivity index (χ1v) is 7.62. The van der Waals surface area contributed by atoms with E-state index in [-0.39, 0.29) is 0 Å². The van der Waals surface area contributed by atoms with Crippen molar-refractivity contribution in [3.05, 3.63) is 48.3 Å². The van der Waals surface area contributed by atoms with E-state index in [0.29, 0.717) is 5.92 Å². The molecule has 1 aromatic rings. The molecule has 2 heteroatoms. The minimum atomic E-state index is 0.582. The fourth-order valence-electron chi connectivity index (χ4n) is 2.34. The Kier molecular flexibility index (Phi) is 5.28. The minimum Gasteiger partial charge on any atom is -0.159 e. The summed E-state index contributed by atoms with van der Waals surface area (Å²) in [6.07, 6.45) is 5.37. The Morgan fingerprint density at radius 1 is 0.950 bits per heavy atom. The molecule has 0 radical (unpaired) electrons. The lowest BCUT2D eigenvalue weighted by molar-refractivity contribution is 0.439. The van der Waals surface area contributed by atoms with E-state index >= 15 is 0 Å². The fourth-order valence-corrected chi connectivity index (χ4v) is 2.34. The van der Waals surface area contributed by atoms with E-state index in [1.807, 2.05) is 6.07 Å². The topological polar surface area (TPSA) is 25.8 Å². The van der Waals surface area contributed by atoms with Gasteiger partial charge >= 0.3 is 0 Å². The van der Waals surface area contributed by atoms with Crippen LogP contribution in [-0.2, 0) is 0 Å². The monoisotopic (exact) mass is 268 g/mol. The molecule has 0 aromatic carbocycles. The van der Waals surface area contributed by atoms with Crippen molar-refractivity contribution in [1.29, 1.82) is 0 Å². The summed E-state index contributed by atoms with van der Waals surface area (Å²) in [5.41, 5.74) is 4.00. The van der Waals surface area contributed by atoms with Gasteiger partial charge in [0.25, 0.3) is 0 Å². The van der Waals surface area contributed by atoms with Gasteiger partial charge in [-0.3, -0.25) is 0 Å². The summed E-state index contributed by atoms with van der Waals surface area (Å²) in [7, 11) is 0. The van der Waals surface area contributed by atoms with Crippen molar-refractivity contribution in [2.75, 3.05) is 0 Å². The van der Waals surface area contributed by atoms with Crippen LogP contribution >= 0.6 is 0 Å². The minimum absolute atomic E-state index is 0.582. The molecule has 106 valence electrons. The summed E-state index contributed by atoms with van der Waals surface area (Å²) in [6, 6.07) is 12.5. The zero-order valence-electron chi connectivity index (χ0n) is 12.7. The van der Waals surface area contributed by atoms with Crippen molar-refractivity contribution in [3.63, 3.8) is 0 Å². The van der Waals surface area contributed by atoms with Gasteiger partial charge in [0.15, 0.2) is 0 Å². The first-order chi connectivity index (χ1) is 9.74. The second-order valence-electron chi connectivity index (χ2n) is 5.58. The maximum atomic E-state index is 4.19. The molecule has 2 unspecified atom stereocenters. The number of hydrogen-bond acceptors (Lipinski definition) is 2. The van der Waals surface area contributed by atoms with Crippen molar-refractivity contribution < 1.29 is 0 Å². The van der Waals surface area contributed by atoms with Gasteiger partial charge in [0, 0.05) is 12.1 Å². The molecule has 3 rings (SSSR count). The number of rotatable bonds is 5. The van der Waals surface area contributed by atoms with E-state index in [9.17, 15) is 0 Å². The van der Waals surface area contributed by atoms with Crippen molar-refractivity contribution in [1.82, 2.24) is 10.2 Å². The highest BCUT2D eigenvalue weighted by Crippen LogP contribution is 2.29. The van der Waals surface area contributed by atoms with Crippen LogP contribution in [0, 0.1) is 5.92 Å². The summed E-state index contributed by atoms with van der Waals surface area (Å²) < 4.78 is 0. The Morgan fingerprint density at radius 2 is 1.60 bits per heavy atom. The van der Waals surface area contributed by atoms with Gasteiger partial charge in [-0.2, -0.15) is 10.2 Å². The molecule has 0 saturated carbocycles. The lowest BCUT2D eigenvalue weighted by Crippen LogP contribution is -2.06. The lowest BCUT2D eigenvalue weighted by atomic mass is 9.90. The van der Waals surface area contributed by atoms with E-state index < -0.39 is 0 Å². The summed E-state index contributed by atoms with van der Waals surface area (Å²) in [5.74, 6) is 1.36. The van der Waals surface area contributed by atoms with E-state index in [4.69, 9.17) is 0 Å². The fraction of sp³-hybridized carbons (Fsp3) is 0.444. The molecule has 2 aliphatic rings. The molecule has 0 amide bonds. The molecule has 0 fully saturated rings. The van der Waals surface area contributed by atoms with Gasteiger partial charge in [-0.15, -0.1) is 0 Å². The van der Waals surface area contributed by atoms with Crippen LogP contribution in [0.15, 0.2) is 42.6 Å². The van der Waals surface area contributed by atoms with Crippen LogP contribution in [0.2, 0.25) is 0 Å². The number of hydrogen-bond donors (Lipinski definition) is 0. The summed E-state index contributed by atoms with van der Waals surface area (Å²) in [5, 5.41) is 8.12. The molecular formula is C18H24N2. The van der Waals surface area contributed by atoms with Gasteiger partial charge in [0.1, 0.15) is 0 Å². The van der Waals surface area contributed by atoms with Crippen molar-refractivity contribution in [2.24, 2.45) is 5.92 Å². The van der Waals surface area contributed by atoms with Crippen LogP contribution < -0.4 is 0 Å². The first-order valence-electron chi connectivity index (χ1n) is 7.62. The molecule has 20 heavy (non-hydrogen) atoms. The number of fused-ring (bicyclic) bond motifs is 1. The molecule has 2 aliphatic carbocycles. The molecule has 2 nitrogen and oxygen atoms in total. The Hall–Kier alpha value is -1.70. The average Bonchev–Trinajstić information content (AvgIpc) is 2.49. The third-order valence-electron chi connectivity index (χ3n) is 4.11. The third kappa shape index (κ3) is 3.66. The maximum absolute atomic E-state index is 4.19. The molecule has 1 heterocycles. The Balaban J connectivity index is 0.000000198. The largest absolute Gasteiger partial charge is 0.159 e. The molecular weight excluding hydrogens is 244 g/mol. The van der Waals surface area contributed by atoms with E-state index in [2.05, 4.69) is 61.3 Å². The standard InChI is InChI=1S/C12H20N2.C6H4/c1-4-10(3)9-11(5-2)12-7-6-8-13-14-12;1-2-6-4-3-5(1)6/h6-8,10-11H,4-5,9H2,1-3H3;1-4H. The van der Waals surface area contributed by atoms with Crippen LogP contribution in [0.5, 0.6) is 0 Å². The Bertz CT molecular complexity index is 484. The van der Waals surface area contributed by atoms with Crippen LogP contribution in [0.1, 0.15) is 51.6 Å². The van der Waals surface area contributed by atoms with Crippen LogP contribution in [0.25, 0.3) is 11.1 Å². The molecule has 0 bridgehead atoms. The van der Waals surface area contributed by atoms with Gasteiger partial charge < -0.3 is 0 Å². The zero-order chi connectivity index (χ0) is 14.4. The number of benzene rings is 1. The van der Waals surface area contributed by atoms with Crippen molar-refractivity contribution >= 4 is 0 Å². The summed E-state index contributed by atoms with van der Waals surface area (Å²) >= 11 is 0. The molecule has 0 aliphatic heterocycles. The second kappa shape index (κ2) is 7.18. The van der Waals surface area contributed by atoms with Crippen molar-refractivity contribution in [3.8, 4) is 11.1 Å². The predicted molar refractivity (Wildman–Crippen MR) is 84.6 cm³/mol. The molecule has 0 saturated heterocycles. The Morgan fingerprint density at radius 3 is 1.95 bits per heavy atom. The summed E-state index contributed by atoms with van der Waals surface area (Å²) in [4.78, 5) is 0.